The second-order valence-corrected chi connectivity index (χ2v) is 18.8. The zero-order valence-corrected chi connectivity index (χ0v) is 34.7. The van der Waals surface area contributed by atoms with Crippen LogP contribution in [-0.4, -0.2) is 12.3 Å². The summed E-state index contributed by atoms with van der Waals surface area (Å²) in [6, 6.07) is 44.5. The molecule has 1 saturated carbocycles. The first kappa shape index (κ1) is 35.2. The Morgan fingerprint density at radius 3 is 1.91 bits per heavy atom. The summed E-state index contributed by atoms with van der Waals surface area (Å²) in [5.74, 6) is 0. The third-order valence-electron chi connectivity index (χ3n) is 14.3. The molecule has 0 bridgehead atoms. The lowest BCUT2D eigenvalue weighted by Crippen LogP contribution is -2.64. The van der Waals surface area contributed by atoms with Crippen LogP contribution in [0.15, 0.2) is 115 Å². The Balaban J connectivity index is 1.37. The molecule has 0 radical (unpaired) electrons. The molecular formula is C52H54BN3. The lowest BCUT2D eigenvalue weighted by Gasteiger charge is -2.53. The van der Waals surface area contributed by atoms with E-state index in [1.165, 1.54) is 115 Å². The van der Waals surface area contributed by atoms with E-state index in [0.717, 1.165) is 0 Å². The van der Waals surface area contributed by atoms with Gasteiger partial charge >= 0.3 is 0 Å². The van der Waals surface area contributed by atoms with Crippen LogP contribution in [0, 0.1) is 27.7 Å². The van der Waals surface area contributed by atoms with E-state index in [9.17, 15) is 0 Å². The van der Waals surface area contributed by atoms with Crippen LogP contribution in [0.2, 0.25) is 0 Å². The van der Waals surface area contributed by atoms with Crippen molar-refractivity contribution >= 4 is 68.6 Å². The van der Waals surface area contributed by atoms with E-state index in [4.69, 9.17) is 0 Å². The van der Waals surface area contributed by atoms with Gasteiger partial charge in [0.25, 0.3) is 6.71 Å². The van der Waals surface area contributed by atoms with Crippen LogP contribution in [0.4, 0.5) is 45.5 Å². The van der Waals surface area contributed by atoms with Crippen LogP contribution in [0.3, 0.4) is 0 Å². The van der Waals surface area contributed by atoms with Gasteiger partial charge in [-0.25, -0.2) is 0 Å². The molecule has 280 valence electrons. The molecule has 2 unspecified atom stereocenters. The van der Waals surface area contributed by atoms with E-state index in [0.29, 0.717) is 0 Å². The number of nitrogens with zero attached hydrogens (tertiary/aromatic N) is 3. The molecule has 4 aliphatic rings. The molecule has 0 saturated heterocycles. The fourth-order valence-corrected chi connectivity index (χ4v) is 11.0. The summed E-state index contributed by atoms with van der Waals surface area (Å²) in [4.78, 5) is 8.00. The fraction of sp³-hybridized carbons (Fsp3) is 0.308. The average Bonchev–Trinajstić information content (AvgIpc) is 3.38. The second kappa shape index (κ2) is 12.1. The molecule has 1 fully saturated rings. The molecule has 0 amide bonds. The maximum atomic E-state index is 2.88. The first-order chi connectivity index (χ1) is 26.8. The van der Waals surface area contributed by atoms with Gasteiger partial charge < -0.3 is 14.7 Å². The normalized spacial score (nSPS) is 20.3. The smallest absolute Gasteiger partial charge is 0.252 e. The molecule has 0 N–H and O–H groups in total. The molecular weight excluding hydrogens is 677 g/mol. The molecule has 3 nitrogen and oxygen atoms in total. The summed E-state index contributed by atoms with van der Waals surface area (Å²) < 4.78 is 0. The number of benzene rings is 6. The van der Waals surface area contributed by atoms with Crippen molar-refractivity contribution in [2.45, 2.75) is 104 Å². The van der Waals surface area contributed by atoms with Crippen LogP contribution in [0.5, 0.6) is 0 Å². The molecule has 0 spiro atoms. The van der Waals surface area contributed by atoms with Crippen molar-refractivity contribution in [1.29, 1.82) is 0 Å². The minimum atomic E-state index is -0.0755. The highest BCUT2D eigenvalue weighted by atomic mass is 15.3. The summed E-state index contributed by atoms with van der Waals surface area (Å²) in [6.07, 6.45) is 4.89. The number of rotatable bonds is 4. The first-order valence-corrected chi connectivity index (χ1v) is 20.9. The predicted octanol–water partition coefficient (Wildman–Crippen LogP) is 12.0. The third-order valence-corrected chi connectivity index (χ3v) is 14.3. The van der Waals surface area contributed by atoms with E-state index in [2.05, 4.69) is 192 Å². The SMILES string of the molecule is Cc1ccc(N2c3ccc(C)cc3B3c4cc(C(C)(C)C)cc5c4N(c4cc(N(c6ccccc6C)c6ccccc6C)cc2c43)C2(C)CCCCC52C)cc1. The molecule has 4 heteroatoms. The second-order valence-electron chi connectivity index (χ2n) is 18.8. The predicted molar refractivity (Wildman–Crippen MR) is 241 cm³/mol. The number of aryl methyl sites for hydroxylation is 4. The van der Waals surface area contributed by atoms with Crippen molar-refractivity contribution in [2.75, 3.05) is 14.7 Å². The molecule has 6 aromatic carbocycles. The van der Waals surface area contributed by atoms with Gasteiger partial charge in [-0.05, 0) is 134 Å². The van der Waals surface area contributed by atoms with Gasteiger partial charge in [0.05, 0.1) is 11.2 Å². The van der Waals surface area contributed by atoms with Gasteiger partial charge in [-0.2, -0.15) is 0 Å². The van der Waals surface area contributed by atoms with E-state index < -0.39 is 0 Å². The van der Waals surface area contributed by atoms with Crippen LogP contribution < -0.4 is 31.1 Å². The zero-order chi connectivity index (χ0) is 38.9. The molecule has 1 aliphatic carbocycles. The topological polar surface area (TPSA) is 9.72 Å². The number of para-hydroxylation sites is 2. The Morgan fingerprint density at radius 2 is 1.25 bits per heavy atom. The molecule has 3 aliphatic heterocycles. The Kier molecular flexibility index (Phi) is 7.64. The molecule has 10 rings (SSSR count). The Morgan fingerprint density at radius 1 is 0.625 bits per heavy atom. The van der Waals surface area contributed by atoms with Crippen molar-refractivity contribution in [3.63, 3.8) is 0 Å². The fourth-order valence-electron chi connectivity index (χ4n) is 11.0. The van der Waals surface area contributed by atoms with Gasteiger partial charge in [-0.15, -0.1) is 0 Å². The quantitative estimate of drug-likeness (QED) is 0.167. The van der Waals surface area contributed by atoms with E-state index in [1.54, 1.807) is 5.56 Å². The Bertz CT molecular complexity index is 2530. The minimum Gasteiger partial charge on any atom is -0.335 e. The van der Waals surface area contributed by atoms with Gasteiger partial charge in [0.15, 0.2) is 0 Å². The maximum absolute atomic E-state index is 2.88. The highest BCUT2D eigenvalue weighted by Crippen LogP contribution is 2.62. The number of hydrogen-bond acceptors (Lipinski definition) is 3. The molecule has 0 aromatic heterocycles. The lowest BCUT2D eigenvalue weighted by molar-refractivity contribution is 0.195. The van der Waals surface area contributed by atoms with E-state index >= 15 is 0 Å². The van der Waals surface area contributed by atoms with E-state index in [1.807, 2.05) is 0 Å². The monoisotopic (exact) mass is 731 g/mol. The highest BCUT2D eigenvalue weighted by Gasteiger charge is 2.61. The van der Waals surface area contributed by atoms with Crippen molar-refractivity contribution < 1.29 is 0 Å². The number of hydrogen-bond donors (Lipinski definition) is 0. The summed E-state index contributed by atoms with van der Waals surface area (Å²) >= 11 is 0. The summed E-state index contributed by atoms with van der Waals surface area (Å²) in [7, 11) is 0. The van der Waals surface area contributed by atoms with Crippen molar-refractivity contribution in [2.24, 2.45) is 0 Å². The summed E-state index contributed by atoms with van der Waals surface area (Å²) in [5, 5.41) is 0. The van der Waals surface area contributed by atoms with Gasteiger partial charge in [-0.1, -0.05) is 124 Å². The van der Waals surface area contributed by atoms with Crippen LogP contribution in [0.25, 0.3) is 0 Å². The zero-order valence-electron chi connectivity index (χ0n) is 34.7. The average molecular weight is 732 g/mol. The van der Waals surface area contributed by atoms with Gasteiger partial charge in [0.1, 0.15) is 0 Å². The molecule has 2 atom stereocenters. The van der Waals surface area contributed by atoms with Crippen LogP contribution in [-0.2, 0) is 10.8 Å². The summed E-state index contributed by atoms with van der Waals surface area (Å²) in [5.41, 5.74) is 22.6. The maximum Gasteiger partial charge on any atom is 0.252 e. The van der Waals surface area contributed by atoms with Crippen molar-refractivity contribution in [1.82, 2.24) is 0 Å². The van der Waals surface area contributed by atoms with Crippen molar-refractivity contribution in [3.05, 3.63) is 149 Å². The molecule has 6 aromatic rings. The Labute approximate surface area is 335 Å². The summed E-state index contributed by atoms with van der Waals surface area (Å²) in [6.45, 7) is 21.5. The number of fused-ring (bicyclic) bond motifs is 7. The lowest BCUT2D eigenvalue weighted by atomic mass is 9.33. The van der Waals surface area contributed by atoms with E-state index in [-0.39, 0.29) is 23.1 Å². The highest BCUT2D eigenvalue weighted by molar-refractivity contribution is 7.00. The van der Waals surface area contributed by atoms with Gasteiger partial charge in [-0.3, -0.25) is 0 Å². The Hall–Kier alpha value is -5.22. The van der Waals surface area contributed by atoms with Gasteiger partial charge in [0.2, 0.25) is 0 Å². The standard InChI is InChI=1S/C52H54BN3/c1-33-20-23-38(24-21-33)54-45-25-22-34(2)28-41(45)53-42-30-37(50(5,6)7)29-40-49(42)56(52(9)27-15-14-26-51(40,52)8)47-32-39(31-46(54)48(47)53)55(43-18-12-10-16-35(43)3)44-19-13-11-17-36(44)4/h10-13,16-25,28-32H,14-15,26-27H2,1-9H3. The minimum absolute atomic E-state index is 0.0186. The largest absolute Gasteiger partial charge is 0.335 e. The molecule has 56 heavy (non-hydrogen) atoms. The van der Waals surface area contributed by atoms with Gasteiger partial charge in [0, 0.05) is 45.2 Å². The third kappa shape index (κ3) is 4.84. The van der Waals surface area contributed by atoms with Crippen LogP contribution >= 0.6 is 0 Å². The van der Waals surface area contributed by atoms with Crippen molar-refractivity contribution in [3.8, 4) is 0 Å². The number of anilines is 8. The van der Waals surface area contributed by atoms with Crippen LogP contribution in [0.1, 0.15) is 93.7 Å². The molecule has 3 heterocycles. The first-order valence-electron chi connectivity index (χ1n) is 20.9.